The molecule has 5 nitrogen and oxygen atoms in total. The van der Waals surface area contributed by atoms with E-state index < -0.39 is 9.84 Å². The Hall–Kier alpha value is -1.40. The summed E-state index contributed by atoms with van der Waals surface area (Å²) in [5.74, 6) is 0.0228. The van der Waals surface area contributed by atoms with Gasteiger partial charge in [-0.25, -0.2) is 8.42 Å². The van der Waals surface area contributed by atoms with Crippen molar-refractivity contribution in [3.05, 3.63) is 30.3 Å². The second kappa shape index (κ2) is 6.85. The van der Waals surface area contributed by atoms with Crippen LogP contribution in [0.25, 0.3) is 0 Å². The topological polar surface area (TPSA) is 75.3 Å². The number of sulfone groups is 1. The summed E-state index contributed by atoms with van der Waals surface area (Å²) < 4.78 is 24.0. The smallest absolute Gasteiger partial charge is 0.237 e. The third-order valence-corrected chi connectivity index (χ3v) is 5.18. The summed E-state index contributed by atoms with van der Waals surface area (Å²) in [4.78, 5) is 12.1. The van der Waals surface area contributed by atoms with Gasteiger partial charge in [-0.05, 0) is 37.9 Å². The Balaban J connectivity index is 1.74. The van der Waals surface area contributed by atoms with E-state index in [-0.39, 0.29) is 17.7 Å². The van der Waals surface area contributed by atoms with Gasteiger partial charge in [0.05, 0.1) is 16.7 Å². The maximum Gasteiger partial charge on any atom is 0.237 e. The second-order valence-electron chi connectivity index (χ2n) is 4.93. The second-order valence-corrected chi connectivity index (χ2v) is 7.03. The van der Waals surface area contributed by atoms with Crippen LogP contribution in [0.4, 0.5) is 0 Å². The molecule has 1 atom stereocenters. The number of nitrogens with one attached hydrogen (secondary N) is 2. The Morgan fingerprint density at radius 3 is 2.70 bits per heavy atom. The third kappa shape index (κ3) is 4.05. The van der Waals surface area contributed by atoms with Gasteiger partial charge >= 0.3 is 0 Å². The molecule has 0 spiro atoms. The van der Waals surface area contributed by atoms with Crippen LogP contribution in [0, 0.1) is 0 Å². The van der Waals surface area contributed by atoms with Crippen molar-refractivity contribution in [2.45, 2.75) is 30.2 Å². The largest absolute Gasteiger partial charge is 0.355 e. The summed E-state index contributed by atoms with van der Waals surface area (Å²) >= 11 is 0. The predicted molar refractivity (Wildman–Crippen MR) is 77.1 cm³/mol. The SMILES string of the molecule is O=C(NCCCS(=O)(=O)c1ccccc1)C1CCCN1. The van der Waals surface area contributed by atoms with E-state index in [2.05, 4.69) is 10.6 Å². The first-order valence-corrected chi connectivity index (χ1v) is 8.54. The number of benzene rings is 1. The van der Waals surface area contributed by atoms with Crippen molar-refractivity contribution in [3.8, 4) is 0 Å². The maximum atomic E-state index is 12.0. The molecule has 0 radical (unpaired) electrons. The predicted octanol–water partition coefficient (Wildman–Crippen LogP) is 0.719. The van der Waals surface area contributed by atoms with Crippen molar-refractivity contribution in [3.63, 3.8) is 0 Å². The Morgan fingerprint density at radius 1 is 1.30 bits per heavy atom. The first kappa shape index (κ1) is 15.0. The summed E-state index contributed by atoms with van der Waals surface area (Å²) in [6, 6.07) is 8.28. The van der Waals surface area contributed by atoms with Gasteiger partial charge in [-0.3, -0.25) is 4.79 Å². The van der Waals surface area contributed by atoms with E-state index in [1.165, 1.54) is 0 Å². The zero-order valence-corrected chi connectivity index (χ0v) is 12.2. The Morgan fingerprint density at radius 2 is 2.05 bits per heavy atom. The minimum absolute atomic E-state index is 0.0281. The van der Waals surface area contributed by atoms with E-state index in [0.717, 1.165) is 19.4 Å². The molecule has 0 aromatic heterocycles. The monoisotopic (exact) mass is 296 g/mol. The molecule has 1 aliphatic heterocycles. The van der Waals surface area contributed by atoms with E-state index >= 15 is 0 Å². The fourth-order valence-electron chi connectivity index (χ4n) is 2.25. The van der Waals surface area contributed by atoms with E-state index in [4.69, 9.17) is 0 Å². The van der Waals surface area contributed by atoms with Gasteiger partial charge in [-0.1, -0.05) is 18.2 Å². The van der Waals surface area contributed by atoms with Crippen LogP contribution in [0.15, 0.2) is 35.2 Å². The Kier molecular flexibility index (Phi) is 5.14. The van der Waals surface area contributed by atoms with Crippen LogP contribution in [-0.4, -0.2) is 39.2 Å². The van der Waals surface area contributed by atoms with Crippen molar-refractivity contribution in [1.29, 1.82) is 0 Å². The zero-order chi connectivity index (χ0) is 14.4. The number of rotatable bonds is 6. The molecule has 2 rings (SSSR count). The van der Waals surface area contributed by atoms with Gasteiger partial charge in [0.1, 0.15) is 0 Å². The van der Waals surface area contributed by atoms with Crippen molar-refractivity contribution < 1.29 is 13.2 Å². The number of hydrogen-bond acceptors (Lipinski definition) is 4. The molecule has 1 aromatic rings. The molecule has 0 aliphatic carbocycles. The van der Waals surface area contributed by atoms with Gasteiger partial charge in [0, 0.05) is 6.54 Å². The summed E-state index contributed by atoms with van der Waals surface area (Å²) in [7, 11) is -3.24. The van der Waals surface area contributed by atoms with Gasteiger partial charge in [0.15, 0.2) is 9.84 Å². The van der Waals surface area contributed by atoms with Gasteiger partial charge in [-0.15, -0.1) is 0 Å². The van der Waals surface area contributed by atoms with Crippen LogP contribution in [0.2, 0.25) is 0 Å². The third-order valence-electron chi connectivity index (χ3n) is 3.37. The fourth-order valence-corrected chi connectivity index (χ4v) is 3.58. The number of amides is 1. The fraction of sp³-hybridized carbons (Fsp3) is 0.500. The molecule has 1 amide bonds. The molecule has 0 saturated carbocycles. The first-order chi connectivity index (χ1) is 9.59. The highest BCUT2D eigenvalue weighted by Crippen LogP contribution is 2.10. The average molecular weight is 296 g/mol. The van der Waals surface area contributed by atoms with Crippen LogP contribution in [-0.2, 0) is 14.6 Å². The molecule has 110 valence electrons. The lowest BCUT2D eigenvalue weighted by atomic mass is 10.2. The lowest BCUT2D eigenvalue weighted by Gasteiger charge is -2.11. The first-order valence-electron chi connectivity index (χ1n) is 6.88. The van der Waals surface area contributed by atoms with Crippen LogP contribution >= 0.6 is 0 Å². The van der Waals surface area contributed by atoms with Crippen molar-refractivity contribution in [2.24, 2.45) is 0 Å². The molecule has 1 aliphatic rings. The van der Waals surface area contributed by atoms with Crippen LogP contribution in [0.1, 0.15) is 19.3 Å². The minimum Gasteiger partial charge on any atom is -0.355 e. The van der Waals surface area contributed by atoms with E-state index in [9.17, 15) is 13.2 Å². The molecule has 1 fully saturated rings. The molecule has 1 aromatic carbocycles. The number of hydrogen-bond donors (Lipinski definition) is 2. The minimum atomic E-state index is -3.24. The van der Waals surface area contributed by atoms with E-state index in [1.54, 1.807) is 30.3 Å². The molecule has 20 heavy (non-hydrogen) atoms. The van der Waals surface area contributed by atoms with Crippen LogP contribution in [0.5, 0.6) is 0 Å². The van der Waals surface area contributed by atoms with Gasteiger partial charge < -0.3 is 10.6 Å². The molecule has 0 bridgehead atoms. The molecule has 1 saturated heterocycles. The average Bonchev–Trinajstić information content (AvgIpc) is 2.98. The van der Waals surface area contributed by atoms with E-state index in [1.807, 2.05) is 0 Å². The molecular formula is C14H20N2O3S. The lowest BCUT2D eigenvalue weighted by Crippen LogP contribution is -2.41. The summed E-state index contributed by atoms with van der Waals surface area (Å²) in [5, 5.41) is 5.89. The molecule has 1 heterocycles. The van der Waals surface area contributed by atoms with Crippen molar-refractivity contribution in [2.75, 3.05) is 18.8 Å². The Labute approximate surface area is 119 Å². The Bertz CT molecular complexity index is 537. The molecule has 6 heteroatoms. The lowest BCUT2D eigenvalue weighted by molar-refractivity contribution is -0.122. The highest BCUT2D eigenvalue weighted by molar-refractivity contribution is 7.91. The van der Waals surface area contributed by atoms with Gasteiger partial charge in [-0.2, -0.15) is 0 Å². The maximum absolute atomic E-state index is 12.0. The number of carbonyl (C=O) groups excluding carboxylic acids is 1. The van der Waals surface area contributed by atoms with Gasteiger partial charge in [0.25, 0.3) is 0 Å². The van der Waals surface area contributed by atoms with Crippen LogP contribution < -0.4 is 10.6 Å². The summed E-state index contributed by atoms with van der Waals surface area (Å²) in [5.41, 5.74) is 0. The summed E-state index contributed by atoms with van der Waals surface area (Å²) in [6.45, 7) is 1.27. The quantitative estimate of drug-likeness (QED) is 0.759. The standard InChI is InChI=1S/C14H20N2O3S/c17-14(13-8-4-9-15-13)16-10-5-11-20(18,19)12-6-2-1-3-7-12/h1-3,6-7,13,15H,4-5,8-11H2,(H,16,17). The van der Waals surface area contributed by atoms with Crippen LogP contribution in [0.3, 0.4) is 0 Å². The molecular weight excluding hydrogens is 276 g/mol. The van der Waals surface area contributed by atoms with Gasteiger partial charge in [0.2, 0.25) is 5.91 Å². The van der Waals surface area contributed by atoms with Crippen molar-refractivity contribution >= 4 is 15.7 Å². The number of carbonyl (C=O) groups is 1. The van der Waals surface area contributed by atoms with Crippen molar-refractivity contribution in [1.82, 2.24) is 10.6 Å². The normalized spacial score (nSPS) is 18.9. The molecule has 1 unspecified atom stereocenters. The summed E-state index contributed by atoms with van der Waals surface area (Å²) in [6.07, 6.45) is 2.30. The highest BCUT2D eigenvalue weighted by Gasteiger charge is 2.21. The molecule has 2 N–H and O–H groups in total. The van der Waals surface area contributed by atoms with E-state index in [0.29, 0.717) is 17.9 Å². The zero-order valence-electron chi connectivity index (χ0n) is 11.3. The highest BCUT2D eigenvalue weighted by atomic mass is 32.2.